The Morgan fingerprint density at radius 2 is 1.88 bits per heavy atom. The number of fused-ring (bicyclic) bond motifs is 1. The second-order valence-electron chi connectivity index (χ2n) is 6.75. The summed E-state index contributed by atoms with van der Waals surface area (Å²) < 4.78 is 5.61. The smallest absolute Gasteiger partial charge is 0.233 e. The second kappa shape index (κ2) is 7.34. The third kappa shape index (κ3) is 3.46. The molecule has 5 nitrogen and oxygen atoms in total. The topological polar surface area (TPSA) is 66.8 Å². The van der Waals surface area contributed by atoms with Gasteiger partial charge >= 0.3 is 0 Å². The highest BCUT2D eigenvalue weighted by Crippen LogP contribution is 2.37. The van der Waals surface area contributed by atoms with E-state index in [0.29, 0.717) is 5.75 Å². The largest absolute Gasteiger partial charge is 0.491 e. The summed E-state index contributed by atoms with van der Waals surface area (Å²) in [5, 5.41) is 10.2. The molecule has 1 saturated heterocycles. The van der Waals surface area contributed by atoms with Crippen LogP contribution in [0.2, 0.25) is 0 Å². The first-order chi connectivity index (χ1) is 11.6. The third-order valence-electron chi connectivity index (χ3n) is 5.07. The maximum Gasteiger partial charge on any atom is 0.233 e. The minimum atomic E-state index is -0.872. The standard InChI is InChI=1S/C19H25NO4/c1-2-13-6-5-7-15(10-13)24-12-14(21)11-20-18(22)16-8-3-4-9-17(16)19(20)23/h5-7,10,14,16-17,21H,2-4,8-9,11-12H2,1H3/t14-,16+,17+/m1/s1. The van der Waals surface area contributed by atoms with Crippen LogP contribution in [0.1, 0.15) is 38.2 Å². The van der Waals surface area contributed by atoms with Crippen LogP contribution in [0.5, 0.6) is 5.75 Å². The van der Waals surface area contributed by atoms with E-state index in [9.17, 15) is 14.7 Å². The van der Waals surface area contributed by atoms with Crippen LogP contribution < -0.4 is 4.74 Å². The maximum atomic E-state index is 12.4. The lowest BCUT2D eigenvalue weighted by molar-refractivity contribution is -0.141. The Bertz CT molecular complexity index is 591. The van der Waals surface area contributed by atoms with E-state index in [1.54, 1.807) is 0 Å². The molecule has 0 unspecified atom stereocenters. The number of amides is 2. The number of hydrogen-bond acceptors (Lipinski definition) is 4. The molecule has 2 aliphatic rings. The fraction of sp³-hybridized carbons (Fsp3) is 0.579. The van der Waals surface area contributed by atoms with Gasteiger partial charge in [0.2, 0.25) is 11.8 Å². The van der Waals surface area contributed by atoms with Crippen LogP contribution in [-0.2, 0) is 16.0 Å². The van der Waals surface area contributed by atoms with Gasteiger partial charge in [-0.05, 0) is 37.0 Å². The highest BCUT2D eigenvalue weighted by atomic mass is 16.5. The van der Waals surface area contributed by atoms with E-state index in [1.165, 1.54) is 4.90 Å². The van der Waals surface area contributed by atoms with Gasteiger partial charge in [-0.2, -0.15) is 0 Å². The Kier molecular flexibility index (Phi) is 5.19. The molecule has 0 aromatic heterocycles. The van der Waals surface area contributed by atoms with Gasteiger partial charge < -0.3 is 9.84 Å². The summed E-state index contributed by atoms with van der Waals surface area (Å²) >= 11 is 0. The third-order valence-corrected chi connectivity index (χ3v) is 5.07. The first kappa shape index (κ1) is 17.0. The molecule has 1 aromatic rings. The van der Waals surface area contributed by atoms with Gasteiger partial charge in [-0.25, -0.2) is 0 Å². The van der Waals surface area contributed by atoms with Crippen molar-refractivity contribution < 1.29 is 19.4 Å². The fourth-order valence-corrected chi connectivity index (χ4v) is 3.72. The molecule has 3 rings (SSSR count). The Hall–Kier alpha value is -1.88. The minimum Gasteiger partial charge on any atom is -0.491 e. The van der Waals surface area contributed by atoms with Crippen molar-refractivity contribution in [2.24, 2.45) is 11.8 Å². The molecule has 1 N–H and O–H groups in total. The number of aryl methyl sites for hydroxylation is 1. The normalized spacial score (nSPS) is 24.8. The average Bonchev–Trinajstić information content (AvgIpc) is 2.85. The summed E-state index contributed by atoms with van der Waals surface area (Å²) in [5.74, 6) is 0.135. The van der Waals surface area contributed by atoms with Crippen molar-refractivity contribution in [3.63, 3.8) is 0 Å². The molecule has 5 heteroatoms. The number of aliphatic hydroxyl groups excluding tert-OH is 1. The van der Waals surface area contributed by atoms with E-state index in [0.717, 1.165) is 37.7 Å². The molecule has 24 heavy (non-hydrogen) atoms. The predicted molar refractivity (Wildman–Crippen MR) is 89.5 cm³/mol. The summed E-state index contributed by atoms with van der Waals surface area (Å²) in [7, 11) is 0. The molecular formula is C19H25NO4. The summed E-state index contributed by atoms with van der Waals surface area (Å²) in [6, 6.07) is 7.71. The number of benzene rings is 1. The lowest BCUT2D eigenvalue weighted by atomic mass is 9.81. The van der Waals surface area contributed by atoms with Crippen molar-refractivity contribution in [3.05, 3.63) is 29.8 Å². The van der Waals surface area contributed by atoms with Crippen molar-refractivity contribution >= 4 is 11.8 Å². The number of carbonyl (C=O) groups is 2. The number of hydrogen-bond donors (Lipinski definition) is 1. The number of imide groups is 1. The zero-order chi connectivity index (χ0) is 17.1. The van der Waals surface area contributed by atoms with Crippen LogP contribution in [0.3, 0.4) is 0 Å². The van der Waals surface area contributed by atoms with Crippen LogP contribution in [0, 0.1) is 11.8 Å². The molecule has 1 heterocycles. The SMILES string of the molecule is CCc1cccc(OC[C@H](O)CN2C(=O)[C@H]3CCCC[C@@H]3C2=O)c1. The molecule has 130 valence electrons. The molecule has 2 fully saturated rings. The first-order valence-electron chi connectivity index (χ1n) is 8.85. The van der Waals surface area contributed by atoms with Crippen molar-refractivity contribution in [2.75, 3.05) is 13.2 Å². The molecular weight excluding hydrogens is 306 g/mol. The lowest BCUT2D eigenvalue weighted by Crippen LogP contribution is -2.40. The Morgan fingerprint density at radius 1 is 1.21 bits per heavy atom. The van der Waals surface area contributed by atoms with E-state index in [-0.39, 0.29) is 36.8 Å². The molecule has 1 saturated carbocycles. The average molecular weight is 331 g/mol. The van der Waals surface area contributed by atoms with E-state index in [4.69, 9.17) is 4.74 Å². The minimum absolute atomic E-state index is 0.0259. The number of rotatable bonds is 6. The zero-order valence-corrected chi connectivity index (χ0v) is 14.1. The van der Waals surface area contributed by atoms with Crippen molar-refractivity contribution in [1.29, 1.82) is 0 Å². The molecule has 2 amide bonds. The molecule has 0 bridgehead atoms. The van der Waals surface area contributed by atoms with Crippen LogP contribution >= 0.6 is 0 Å². The predicted octanol–water partition coefficient (Wildman–Crippen LogP) is 2.16. The Morgan fingerprint density at radius 3 is 2.50 bits per heavy atom. The fourth-order valence-electron chi connectivity index (χ4n) is 3.72. The van der Waals surface area contributed by atoms with Gasteiger partial charge in [0.25, 0.3) is 0 Å². The number of β-amino-alcohol motifs (C(OH)–C–C–N with tert-alkyl or cyclic N) is 1. The molecule has 1 aliphatic heterocycles. The monoisotopic (exact) mass is 331 g/mol. The molecule has 0 spiro atoms. The highest BCUT2D eigenvalue weighted by molar-refractivity contribution is 6.05. The molecule has 0 radical (unpaired) electrons. The first-order valence-corrected chi connectivity index (χ1v) is 8.85. The van der Waals surface area contributed by atoms with Gasteiger partial charge in [0, 0.05) is 0 Å². The van der Waals surface area contributed by atoms with E-state index in [1.807, 2.05) is 24.3 Å². The number of carbonyl (C=O) groups excluding carboxylic acids is 2. The lowest BCUT2D eigenvalue weighted by Gasteiger charge is -2.19. The maximum absolute atomic E-state index is 12.4. The second-order valence-corrected chi connectivity index (χ2v) is 6.75. The number of nitrogens with zero attached hydrogens (tertiary/aromatic N) is 1. The van der Waals surface area contributed by atoms with E-state index in [2.05, 4.69) is 6.92 Å². The zero-order valence-electron chi connectivity index (χ0n) is 14.1. The quantitative estimate of drug-likeness (QED) is 0.811. The van der Waals surface area contributed by atoms with Gasteiger partial charge in [-0.15, -0.1) is 0 Å². The number of aliphatic hydroxyl groups is 1. The van der Waals surface area contributed by atoms with Gasteiger partial charge in [0.1, 0.15) is 18.5 Å². The van der Waals surface area contributed by atoms with Gasteiger partial charge in [-0.3, -0.25) is 14.5 Å². The van der Waals surface area contributed by atoms with Crippen molar-refractivity contribution in [3.8, 4) is 5.75 Å². The Balaban J connectivity index is 1.55. The Labute approximate surface area is 142 Å². The van der Waals surface area contributed by atoms with Gasteiger partial charge in [0.05, 0.1) is 18.4 Å². The van der Waals surface area contributed by atoms with E-state index < -0.39 is 6.10 Å². The van der Waals surface area contributed by atoms with Crippen LogP contribution in [0.25, 0.3) is 0 Å². The van der Waals surface area contributed by atoms with Gasteiger partial charge in [0.15, 0.2) is 0 Å². The molecule has 3 atom stereocenters. The molecule has 1 aliphatic carbocycles. The van der Waals surface area contributed by atoms with Crippen LogP contribution in [0.15, 0.2) is 24.3 Å². The van der Waals surface area contributed by atoms with Gasteiger partial charge in [-0.1, -0.05) is 31.9 Å². The van der Waals surface area contributed by atoms with Crippen LogP contribution in [-0.4, -0.2) is 41.1 Å². The summed E-state index contributed by atoms with van der Waals surface area (Å²) in [4.78, 5) is 26.0. The van der Waals surface area contributed by atoms with Crippen molar-refractivity contribution in [2.45, 2.75) is 45.1 Å². The summed E-state index contributed by atoms with van der Waals surface area (Å²) in [6.07, 6.45) is 3.65. The highest BCUT2D eigenvalue weighted by Gasteiger charge is 2.48. The van der Waals surface area contributed by atoms with Crippen LogP contribution in [0.4, 0.5) is 0 Å². The van der Waals surface area contributed by atoms with E-state index >= 15 is 0 Å². The number of ether oxygens (including phenoxy) is 1. The van der Waals surface area contributed by atoms with Crippen molar-refractivity contribution in [1.82, 2.24) is 4.90 Å². The summed E-state index contributed by atoms with van der Waals surface area (Å²) in [5.41, 5.74) is 1.16. The number of likely N-dealkylation sites (tertiary alicyclic amines) is 1. The molecule has 1 aromatic carbocycles. The summed E-state index contributed by atoms with van der Waals surface area (Å²) in [6.45, 7) is 2.16.